The summed E-state index contributed by atoms with van der Waals surface area (Å²) >= 11 is 6.07. The van der Waals surface area contributed by atoms with E-state index in [0.29, 0.717) is 10.6 Å². The van der Waals surface area contributed by atoms with Gasteiger partial charge in [-0.15, -0.1) is 0 Å². The SMILES string of the molecule is C[C@@H](N)[C@@H](O)c1cc(C(C)(C)C)ccc1Cl. The van der Waals surface area contributed by atoms with Gasteiger partial charge in [0, 0.05) is 16.6 Å². The lowest BCUT2D eigenvalue weighted by Crippen LogP contribution is -2.25. The monoisotopic (exact) mass is 241 g/mol. The predicted octanol–water partition coefficient (Wildman–Crippen LogP) is 3.02. The summed E-state index contributed by atoms with van der Waals surface area (Å²) in [6, 6.07) is 5.42. The molecular weight excluding hydrogens is 222 g/mol. The molecule has 90 valence electrons. The average molecular weight is 242 g/mol. The lowest BCUT2D eigenvalue weighted by atomic mass is 9.85. The molecule has 2 nitrogen and oxygen atoms in total. The number of halogens is 1. The summed E-state index contributed by atoms with van der Waals surface area (Å²) in [4.78, 5) is 0. The van der Waals surface area contributed by atoms with E-state index in [0.717, 1.165) is 5.56 Å². The Bertz CT molecular complexity index is 369. The number of rotatable bonds is 2. The zero-order valence-corrected chi connectivity index (χ0v) is 11.0. The first-order chi connectivity index (χ1) is 7.23. The van der Waals surface area contributed by atoms with Crippen molar-refractivity contribution in [3.63, 3.8) is 0 Å². The van der Waals surface area contributed by atoms with E-state index in [2.05, 4.69) is 20.8 Å². The van der Waals surface area contributed by atoms with Gasteiger partial charge < -0.3 is 10.8 Å². The van der Waals surface area contributed by atoms with Crippen LogP contribution in [-0.2, 0) is 5.41 Å². The Labute approximate surface area is 102 Å². The minimum atomic E-state index is -0.713. The highest BCUT2D eigenvalue weighted by Crippen LogP contribution is 2.30. The van der Waals surface area contributed by atoms with Crippen LogP contribution in [0.2, 0.25) is 5.02 Å². The van der Waals surface area contributed by atoms with E-state index in [4.69, 9.17) is 17.3 Å². The van der Waals surface area contributed by atoms with Crippen molar-refractivity contribution in [2.24, 2.45) is 5.73 Å². The van der Waals surface area contributed by atoms with Crippen LogP contribution in [0.5, 0.6) is 0 Å². The fourth-order valence-electron chi connectivity index (χ4n) is 1.52. The van der Waals surface area contributed by atoms with Gasteiger partial charge in [-0.3, -0.25) is 0 Å². The molecule has 0 aliphatic heterocycles. The van der Waals surface area contributed by atoms with Crippen molar-refractivity contribution in [3.8, 4) is 0 Å². The molecule has 0 radical (unpaired) electrons. The van der Waals surface area contributed by atoms with Crippen molar-refractivity contribution in [1.29, 1.82) is 0 Å². The first-order valence-electron chi connectivity index (χ1n) is 5.47. The Morgan fingerprint density at radius 3 is 2.31 bits per heavy atom. The van der Waals surface area contributed by atoms with Crippen LogP contribution in [-0.4, -0.2) is 11.1 Å². The van der Waals surface area contributed by atoms with Crippen LogP contribution in [0.25, 0.3) is 0 Å². The summed E-state index contributed by atoms with van der Waals surface area (Å²) in [5, 5.41) is 10.5. The first kappa shape index (κ1) is 13.5. The van der Waals surface area contributed by atoms with E-state index < -0.39 is 6.10 Å². The minimum Gasteiger partial charge on any atom is -0.387 e. The van der Waals surface area contributed by atoms with Gasteiger partial charge in [-0.05, 0) is 24.0 Å². The summed E-state index contributed by atoms with van der Waals surface area (Å²) < 4.78 is 0. The molecule has 0 spiro atoms. The van der Waals surface area contributed by atoms with Gasteiger partial charge in [0.15, 0.2) is 0 Å². The maximum atomic E-state index is 9.96. The third kappa shape index (κ3) is 2.97. The maximum absolute atomic E-state index is 9.96. The number of aliphatic hydroxyl groups excluding tert-OH is 1. The average Bonchev–Trinajstić information content (AvgIpc) is 2.15. The van der Waals surface area contributed by atoms with Gasteiger partial charge in [-0.2, -0.15) is 0 Å². The Kier molecular flexibility index (Phi) is 4.00. The Morgan fingerprint density at radius 1 is 1.31 bits per heavy atom. The van der Waals surface area contributed by atoms with Gasteiger partial charge in [0.1, 0.15) is 0 Å². The molecule has 0 unspecified atom stereocenters. The Morgan fingerprint density at radius 2 is 1.88 bits per heavy atom. The van der Waals surface area contributed by atoms with E-state index in [1.54, 1.807) is 6.92 Å². The maximum Gasteiger partial charge on any atom is 0.0952 e. The largest absolute Gasteiger partial charge is 0.387 e. The molecule has 1 rings (SSSR count). The molecule has 0 aliphatic carbocycles. The van der Waals surface area contributed by atoms with Crippen molar-refractivity contribution in [2.45, 2.75) is 45.3 Å². The molecule has 0 aromatic heterocycles. The standard InChI is InChI=1S/C13H20ClNO/c1-8(15)12(16)10-7-9(13(2,3)4)5-6-11(10)14/h5-8,12,16H,15H2,1-4H3/t8-,12-/m1/s1. The second-order valence-corrected chi connectivity index (χ2v) is 5.70. The van der Waals surface area contributed by atoms with Crippen molar-refractivity contribution in [2.75, 3.05) is 0 Å². The predicted molar refractivity (Wildman–Crippen MR) is 68.8 cm³/mol. The van der Waals surface area contributed by atoms with Crippen LogP contribution in [0, 0.1) is 0 Å². The molecule has 0 heterocycles. The first-order valence-corrected chi connectivity index (χ1v) is 5.85. The van der Waals surface area contributed by atoms with Crippen molar-refractivity contribution < 1.29 is 5.11 Å². The molecule has 3 N–H and O–H groups in total. The summed E-state index contributed by atoms with van der Waals surface area (Å²) in [5.41, 5.74) is 7.58. The van der Waals surface area contributed by atoms with Crippen molar-refractivity contribution in [1.82, 2.24) is 0 Å². The third-order valence-electron chi connectivity index (χ3n) is 2.68. The summed E-state index contributed by atoms with van der Waals surface area (Å²) in [6.07, 6.45) is -0.713. The number of aliphatic hydroxyl groups is 1. The van der Waals surface area contributed by atoms with Crippen molar-refractivity contribution in [3.05, 3.63) is 34.3 Å². The van der Waals surface area contributed by atoms with E-state index in [1.165, 1.54) is 0 Å². The molecule has 1 aromatic rings. The van der Waals surface area contributed by atoms with E-state index in [-0.39, 0.29) is 11.5 Å². The molecule has 0 saturated carbocycles. The summed E-state index contributed by atoms with van der Waals surface area (Å²) in [5.74, 6) is 0. The quantitative estimate of drug-likeness (QED) is 0.836. The van der Waals surface area contributed by atoms with Crippen molar-refractivity contribution >= 4 is 11.6 Å². The smallest absolute Gasteiger partial charge is 0.0952 e. The van der Waals surface area contributed by atoms with Crippen LogP contribution >= 0.6 is 11.6 Å². The fourth-order valence-corrected chi connectivity index (χ4v) is 1.75. The lowest BCUT2D eigenvalue weighted by molar-refractivity contribution is 0.153. The van der Waals surface area contributed by atoms with Crippen LogP contribution in [0.1, 0.15) is 44.9 Å². The highest BCUT2D eigenvalue weighted by Gasteiger charge is 2.20. The Hall–Kier alpha value is -0.570. The molecule has 1 aromatic carbocycles. The molecular formula is C13H20ClNO. The third-order valence-corrected chi connectivity index (χ3v) is 3.02. The molecule has 2 atom stereocenters. The topological polar surface area (TPSA) is 46.2 Å². The molecule has 0 bridgehead atoms. The highest BCUT2D eigenvalue weighted by molar-refractivity contribution is 6.31. The lowest BCUT2D eigenvalue weighted by Gasteiger charge is -2.23. The number of hydrogen-bond acceptors (Lipinski definition) is 2. The summed E-state index contributed by atoms with van der Waals surface area (Å²) in [7, 11) is 0. The van der Waals surface area contributed by atoms with Gasteiger partial charge in [0.05, 0.1) is 6.10 Å². The van der Waals surface area contributed by atoms with Gasteiger partial charge in [0.25, 0.3) is 0 Å². The number of nitrogens with two attached hydrogens (primary N) is 1. The van der Waals surface area contributed by atoms with E-state index >= 15 is 0 Å². The molecule has 0 amide bonds. The van der Waals surface area contributed by atoms with Crippen LogP contribution in [0.3, 0.4) is 0 Å². The normalized spacial score (nSPS) is 15.9. The van der Waals surface area contributed by atoms with Crippen LogP contribution < -0.4 is 5.73 Å². The van der Waals surface area contributed by atoms with Crippen LogP contribution in [0.15, 0.2) is 18.2 Å². The molecule has 16 heavy (non-hydrogen) atoms. The van der Waals surface area contributed by atoms with Gasteiger partial charge >= 0.3 is 0 Å². The second-order valence-electron chi connectivity index (χ2n) is 5.29. The van der Waals surface area contributed by atoms with Crippen LogP contribution in [0.4, 0.5) is 0 Å². The zero-order valence-electron chi connectivity index (χ0n) is 10.3. The number of hydrogen-bond donors (Lipinski definition) is 2. The molecule has 0 fully saturated rings. The van der Waals surface area contributed by atoms with E-state index in [1.807, 2.05) is 18.2 Å². The number of benzene rings is 1. The van der Waals surface area contributed by atoms with Gasteiger partial charge in [-0.1, -0.05) is 44.5 Å². The molecule has 0 saturated heterocycles. The minimum absolute atomic E-state index is 0.0386. The summed E-state index contributed by atoms with van der Waals surface area (Å²) in [6.45, 7) is 8.14. The van der Waals surface area contributed by atoms with Gasteiger partial charge in [-0.25, -0.2) is 0 Å². The Balaban J connectivity index is 3.19. The molecule has 0 aliphatic rings. The fraction of sp³-hybridized carbons (Fsp3) is 0.538. The zero-order chi connectivity index (χ0) is 12.5. The van der Waals surface area contributed by atoms with Gasteiger partial charge in [0.2, 0.25) is 0 Å². The highest BCUT2D eigenvalue weighted by atomic mass is 35.5. The molecule has 3 heteroatoms. The second kappa shape index (κ2) is 4.74. The van der Waals surface area contributed by atoms with E-state index in [9.17, 15) is 5.11 Å².